The molecule has 0 amide bonds. The lowest BCUT2D eigenvalue weighted by Crippen LogP contribution is -2.09. The summed E-state index contributed by atoms with van der Waals surface area (Å²) in [7, 11) is 0. The molecule has 0 fully saturated rings. The number of phenols is 1. The van der Waals surface area contributed by atoms with Gasteiger partial charge in [-0.1, -0.05) is 42.5 Å². The SMILES string of the molecule is CC(C)n1c(NCc2c(O)ccc3ccccc23)nc2ccccc21. The van der Waals surface area contributed by atoms with E-state index in [1.54, 1.807) is 6.07 Å². The molecule has 0 aliphatic heterocycles. The summed E-state index contributed by atoms with van der Waals surface area (Å²) >= 11 is 0. The minimum Gasteiger partial charge on any atom is -0.508 e. The van der Waals surface area contributed by atoms with Crippen LogP contribution in [0.3, 0.4) is 0 Å². The molecule has 0 atom stereocenters. The van der Waals surface area contributed by atoms with Crippen molar-refractivity contribution in [1.29, 1.82) is 0 Å². The highest BCUT2D eigenvalue weighted by atomic mass is 16.3. The molecule has 25 heavy (non-hydrogen) atoms. The van der Waals surface area contributed by atoms with Crippen LogP contribution >= 0.6 is 0 Å². The van der Waals surface area contributed by atoms with E-state index in [0.717, 1.165) is 33.3 Å². The van der Waals surface area contributed by atoms with Crippen LogP contribution in [-0.4, -0.2) is 14.7 Å². The van der Waals surface area contributed by atoms with Gasteiger partial charge in [0.1, 0.15) is 5.75 Å². The van der Waals surface area contributed by atoms with Crippen molar-refractivity contribution in [2.75, 3.05) is 5.32 Å². The van der Waals surface area contributed by atoms with Gasteiger partial charge in [0.15, 0.2) is 0 Å². The van der Waals surface area contributed by atoms with Gasteiger partial charge in [0.25, 0.3) is 0 Å². The Bertz CT molecular complexity index is 1050. The number of phenolic OH excluding ortho intramolecular Hbond substituents is 1. The molecule has 4 rings (SSSR count). The number of para-hydroxylation sites is 2. The smallest absolute Gasteiger partial charge is 0.204 e. The maximum absolute atomic E-state index is 10.3. The van der Waals surface area contributed by atoms with E-state index in [2.05, 4.69) is 35.9 Å². The molecule has 4 aromatic rings. The molecule has 0 bridgehead atoms. The lowest BCUT2D eigenvalue weighted by atomic mass is 10.0. The number of fused-ring (bicyclic) bond motifs is 2. The first-order valence-corrected chi connectivity index (χ1v) is 8.55. The third-order valence-electron chi connectivity index (χ3n) is 4.55. The molecule has 4 heteroatoms. The van der Waals surface area contributed by atoms with E-state index in [-0.39, 0.29) is 6.04 Å². The summed E-state index contributed by atoms with van der Waals surface area (Å²) in [6.07, 6.45) is 0. The average Bonchev–Trinajstić information content (AvgIpc) is 2.99. The second kappa shape index (κ2) is 6.13. The van der Waals surface area contributed by atoms with Crippen LogP contribution in [0.25, 0.3) is 21.8 Å². The van der Waals surface area contributed by atoms with Crippen LogP contribution in [0.4, 0.5) is 5.95 Å². The van der Waals surface area contributed by atoms with E-state index in [1.165, 1.54) is 0 Å². The molecule has 2 N–H and O–H groups in total. The molecule has 126 valence electrons. The van der Waals surface area contributed by atoms with Gasteiger partial charge in [-0.25, -0.2) is 4.98 Å². The highest BCUT2D eigenvalue weighted by Gasteiger charge is 2.14. The quantitative estimate of drug-likeness (QED) is 0.548. The summed E-state index contributed by atoms with van der Waals surface area (Å²) < 4.78 is 2.19. The van der Waals surface area contributed by atoms with Gasteiger partial charge in [-0.05, 0) is 42.8 Å². The standard InChI is InChI=1S/C21H21N3O/c1-14(2)24-19-10-6-5-9-18(19)23-21(24)22-13-17-16-8-4-3-7-15(16)11-12-20(17)25/h3-12,14,25H,13H2,1-2H3,(H,22,23). The first-order valence-electron chi connectivity index (χ1n) is 8.55. The first-order chi connectivity index (χ1) is 12.1. The fourth-order valence-electron chi connectivity index (χ4n) is 3.37. The van der Waals surface area contributed by atoms with Gasteiger partial charge in [0.05, 0.1) is 11.0 Å². The molecular weight excluding hydrogens is 310 g/mol. The fraction of sp³-hybridized carbons (Fsp3) is 0.190. The number of hydrogen-bond donors (Lipinski definition) is 2. The van der Waals surface area contributed by atoms with Crippen molar-refractivity contribution in [3.05, 3.63) is 66.2 Å². The molecule has 0 radical (unpaired) electrons. The van der Waals surface area contributed by atoms with Crippen molar-refractivity contribution in [2.45, 2.75) is 26.4 Å². The molecule has 1 aromatic heterocycles. The highest BCUT2D eigenvalue weighted by molar-refractivity contribution is 5.88. The zero-order valence-corrected chi connectivity index (χ0v) is 14.4. The topological polar surface area (TPSA) is 50.1 Å². The summed E-state index contributed by atoms with van der Waals surface area (Å²) in [4.78, 5) is 4.73. The molecule has 1 heterocycles. The van der Waals surface area contributed by atoms with Crippen molar-refractivity contribution < 1.29 is 5.11 Å². The molecule has 4 nitrogen and oxygen atoms in total. The average molecular weight is 331 g/mol. The summed E-state index contributed by atoms with van der Waals surface area (Å²) in [5, 5.41) is 15.9. The van der Waals surface area contributed by atoms with Crippen LogP contribution in [0.15, 0.2) is 60.7 Å². The Morgan fingerprint density at radius 2 is 1.76 bits per heavy atom. The number of aromatic hydroxyl groups is 1. The van der Waals surface area contributed by atoms with Gasteiger partial charge in [-0.2, -0.15) is 0 Å². The third-order valence-corrected chi connectivity index (χ3v) is 4.55. The molecule has 0 unspecified atom stereocenters. The largest absolute Gasteiger partial charge is 0.508 e. The Hall–Kier alpha value is -3.01. The van der Waals surface area contributed by atoms with Gasteiger partial charge >= 0.3 is 0 Å². The molecule has 0 saturated heterocycles. The lowest BCUT2D eigenvalue weighted by molar-refractivity contribution is 0.470. The summed E-state index contributed by atoms with van der Waals surface area (Å²) in [6, 6.07) is 20.2. The molecule has 0 aliphatic rings. The molecular formula is C21H21N3O. The number of nitrogens with one attached hydrogen (secondary N) is 1. The van der Waals surface area contributed by atoms with Gasteiger partial charge < -0.3 is 15.0 Å². The van der Waals surface area contributed by atoms with Crippen molar-refractivity contribution in [3.8, 4) is 5.75 Å². The minimum absolute atomic E-state index is 0.288. The maximum atomic E-state index is 10.3. The molecule has 0 aliphatic carbocycles. The van der Waals surface area contributed by atoms with E-state index in [0.29, 0.717) is 12.3 Å². The zero-order chi connectivity index (χ0) is 17.4. The fourth-order valence-corrected chi connectivity index (χ4v) is 3.37. The normalized spacial score (nSPS) is 11.5. The molecule has 0 spiro atoms. The van der Waals surface area contributed by atoms with Gasteiger partial charge in [0, 0.05) is 18.2 Å². The summed E-state index contributed by atoms with van der Waals surface area (Å²) in [5.74, 6) is 1.13. The van der Waals surface area contributed by atoms with E-state index in [4.69, 9.17) is 4.98 Å². The van der Waals surface area contributed by atoms with Gasteiger partial charge in [-0.15, -0.1) is 0 Å². The van der Waals surface area contributed by atoms with Crippen LogP contribution in [0.2, 0.25) is 0 Å². The number of nitrogens with zero attached hydrogens (tertiary/aromatic N) is 2. The third kappa shape index (κ3) is 2.70. The number of hydrogen-bond acceptors (Lipinski definition) is 3. The van der Waals surface area contributed by atoms with Crippen LogP contribution in [0, 0.1) is 0 Å². The minimum atomic E-state index is 0.288. The van der Waals surface area contributed by atoms with Crippen molar-refractivity contribution in [2.24, 2.45) is 0 Å². The predicted molar refractivity (Wildman–Crippen MR) is 103 cm³/mol. The van der Waals surface area contributed by atoms with Gasteiger partial charge in [0.2, 0.25) is 5.95 Å². The van der Waals surface area contributed by atoms with Crippen LogP contribution in [0.5, 0.6) is 5.75 Å². The zero-order valence-electron chi connectivity index (χ0n) is 14.4. The van der Waals surface area contributed by atoms with Crippen LogP contribution < -0.4 is 5.32 Å². The Kier molecular flexibility index (Phi) is 3.80. The van der Waals surface area contributed by atoms with E-state index in [9.17, 15) is 5.11 Å². The van der Waals surface area contributed by atoms with Crippen LogP contribution in [-0.2, 0) is 6.54 Å². The number of rotatable bonds is 4. The number of aromatic nitrogens is 2. The van der Waals surface area contributed by atoms with Crippen molar-refractivity contribution in [3.63, 3.8) is 0 Å². The molecule has 0 saturated carbocycles. The maximum Gasteiger partial charge on any atom is 0.204 e. The Balaban J connectivity index is 1.74. The Labute approximate surface area is 146 Å². The second-order valence-corrected chi connectivity index (χ2v) is 6.53. The van der Waals surface area contributed by atoms with Crippen molar-refractivity contribution >= 4 is 27.8 Å². The monoisotopic (exact) mass is 331 g/mol. The van der Waals surface area contributed by atoms with E-state index >= 15 is 0 Å². The van der Waals surface area contributed by atoms with E-state index < -0.39 is 0 Å². The highest BCUT2D eigenvalue weighted by Crippen LogP contribution is 2.29. The second-order valence-electron chi connectivity index (χ2n) is 6.53. The predicted octanol–water partition coefficient (Wildman–Crippen LogP) is 5.09. The first kappa shape index (κ1) is 15.5. The summed E-state index contributed by atoms with van der Waals surface area (Å²) in [5.41, 5.74) is 2.98. The summed E-state index contributed by atoms with van der Waals surface area (Å²) in [6.45, 7) is 4.81. The van der Waals surface area contributed by atoms with Gasteiger partial charge in [-0.3, -0.25) is 0 Å². The Morgan fingerprint density at radius 3 is 2.60 bits per heavy atom. The van der Waals surface area contributed by atoms with Crippen LogP contribution in [0.1, 0.15) is 25.5 Å². The Morgan fingerprint density at radius 1 is 1.00 bits per heavy atom. The number of benzene rings is 3. The van der Waals surface area contributed by atoms with E-state index in [1.807, 2.05) is 42.5 Å². The molecule has 3 aromatic carbocycles. The number of anilines is 1. The lowest BCUT2D eigenvalue weighted by Gasteiger charge is -2.15. The number of imidazole rings is 1. The van der Waals surface area contributed by atoms with Crippen molar-refractivity contribution in [1.82, 2.24) is 9.55 Å².